The Hall–Kier alpha value is -1.10. The average Bonchev–Trinajstić information content (AvgIpc) is 2.50. The van der Waals surface area contributed by atoms with Crippen molar-refractivity contribution in [2.24, 2.45) is 5.41 Å². The molecule has 5 heteroatoms. The molecule has 0 bridgehead atoms. The van der Waals surface area contributed by atoms with E-state index in [4.69, 9.17) is 4.74 Å². The lowest BCUT2D eigenvalue weighted by Gasteiger charge is -2.38. The van der Waals surface area contributed by atoms with Crippen molar-refractivity contribution in [2.45, 2.75) is 32.6 Å². The van der Waals surface area contributed by atoms with Crippen molar-refractivity contribution >= 4 is 11.8 Å². The summed E-state index contributed by atoms with van der Waals surface area (Å²) in [5.41, 5.74) is 0.0818. The molecule has 2 amide bonds. The standard InChI is InChI=1S/C13H22N2O3/c1-13(9-18-10-13)8-14-11(16)7-15-6-4-2-3-5-12(15)17/h2-10H2,1H3,(H,14,16). The maximum absolute atomic E-state index is 11.8. The second-order valence-corrected chi connectivity index (χ2v) is 5.71. The maximum Gasteiger partial charge on any atom is 0.239 e. The fraction of sp³-hybridized carbons (Fsp3) is 0.846. The monoisotopic (exact) mass is 254 g/mol. The van der Waals surface area contributed by atoms with Gasteiger partial charge in [-0.25, -0.2) is 0 Å². The zero-order valence-corrected chi connectivity index (χ0v) is 11.0. The first kappa shape index (κ1) is 13.3. The largest absolute Gasteiger partial charge is 0.380 e. The summed E-state index contributed by atoms with van der Waals surface area (Å²) in [6.07, 6.45) is 3.62. The van der Waals surface area contributed by atoms with Crippen LogP contribution in [0.1, 0.15) is 32.6 Å². The molecule has 0 aromatic carbocycles. The molecular formula is C13H22N2O3. The summed E-state index contributed by atoms with van der Waals surface area (Å²) >= 11 is 0. The second kappa shape index (κ2) is 5.69. The minimum Gasteiger partial charge on any atom is -0.380 e. The van der Waals surface area contributed by atoms with Gasteiger partial charge in [0.25, 0.3) is 0 Å². The van der Waals surface area contributed by atoms with Gasteiger partial charge >= 0.3 is 0 Å². The first-order chi connectivity index (χ1) is 8.59. The minimum absolute atomic E-state index is 0.0571. The Morgan fingerprint density at radius 1 is 1.39 bits per heavy atom. The van der Waals surface area contributed by atoms with Crippen molar-refractivity contribution in [3.05, 3.63) is 0 Å². The van der Waals surface area contributed by atoms with Gasteiger partial charge in [-0.3, -0.25) is 9.59 Å². The number of rotatable bonds is 4. The number of nitrogens with one attached hydrogen (secondary N) is 1. The number of carbonyl (C=O) groups is 2. The van der Waals surface area contributed by atoms with Crippen LogP contribution in [0.5, 0.6) is 0 Å². The molecule has 102 valence electrons. The second-order valence-electron chi connectivity index (χ2n) is 5.71. The van der Waals surface area contributed by atoms with Crippen LogP contribution >= 0.6 is 0 Å². The molecule has 2 aliphatic heterocycles. The SMILES string of the molecule is CC1(CNC(=O)CN2CCCCCC2=O)COC1. The third-order valence-electron chi connectivity index (χ3n) is 3.62. The number of amides is 2. The Morgan fingerprint density at radius 2 is 2.17 bits per heavy atom. The molecule has 0 aliphatic carbocycles. The highest BCUT2D eigenvalue weighted by atomic mass is 16.5. The highest BCUT2D eigenvalue weighted by Crippen LogP contribution is 2.24. The third-order valence-corrected chi connectivity index (χ3v) is 3.62. The van der Waals surface area contributed by atoms with E-state index in [2.05, 4.69) is 12.2 Å². The van der Waals surface area contributed by atoms with E-state index in [9.17, 15) is 9.59 Å². The van der Waals surface area contributed by atoms with Crippen molar-refractivity contribution in [2.75, 3.05) is 32.8 Å². The van der Waals surface area contributed by atoms with Gasteiger partial charge in [0.1, 0.15) is 0 Å². The van der Waals surface area contributed by atoms with Crippen LogP contribution in [0.2, 0.25) is 0 Å². The molecule has 1 N–H and O–H groups in total. The molecule has 2 aliphatic rings. The Bertz CT molecular complexity index is 326. The number of nitrogens with zero attached hydrogens (tertiary/aromatic N) is 1. The van der Waals surface area contributed by atoms with E-state index in [1.165, 1.54) is 0 Å². The lowest BCUT2D eigenvalue weighted by atomic mass is 9.89. The molecule has 2 rings (SSSR count). The average molecular weight is 254 g/mol. The summed E-state index contributed by atoms with van der Waals surface area (Å²) in [6.45, 7) is 5.05. The highest BCUT2D eigenvalue weighted by molar-refractivity contribution is 5.84. The topological polar surface area (TPSA) is 58.6 Å². The van der Waals surface area contributed by atoms with Crippen molar-refractivity contribution in [1.29, 1.82) is 0 Å². The zero-order valence-electron chi connectivity index (χ0n) is 11.0. The van der Waals surface area contributed by atoms with Crippen LogP contribution in [0, 0.1) is 5.41 Å². The summed E-state index contributed by atoms with van der Waals surface area (Å²) in [5, 5.41) is 2.90. The van der Waals surface area contributed by atoms with E-state index >= 15 is 0 Å². The predicted molar refractivity (Wildman–Crippen MR) is 67.0 cm³/mol. The van der Waals surface area contributed by atoms with Crippen molar-refractivity contribution in [3.8, 4) is 0 Å². The molecule has 0 atom stereocenters. The first-order valence-corrected chi connectivity index (χ1v) is 6.71. The molecular weight excluding hydrogens is 232 g/mol. The maximum atomic E-state index is 11.8. The number of hydrogen-bond donors (Lipinski definition) is 1. The highest BCUT2D eigenvalue weighted by Gasteiger charge is 2.33. The van der Waals surface area contributed by atoms with E-state index in [1.54, 1.807) is 4.90 Å². The van der Waals surface area contributed by atoms with Gasteiger partial charge in [-0.15, -0.1) is 0 Å². The molecule has 2 fully saturated rings. The molecule has 0 aromatic rings. The summed E-state index contributed by atoms with van der Waals surface area (Å²) in [5.74, 6) is 0.0548. The van der Waals surface area contributed by atoms with Gasteiger partial charge in [-0.1, -0.05) is 13.3 Å². The lowest BCUT2D eigenvalue weighted by molar-refractivity contribution is -0.137. The van der Waals surface area contributed by atoms with Crippen LogP contribution in [0.4, 0.5) is 0 Å². The minimum atomic E-state index is -0.0571. The molecule has 0 saturated carbocycles. The van der Waals surface area contributed by atoms with E-state index in [1.807, 2.05) is 0 Å². The summed E-state index contributed by atoms with van der Waals surface area (Å²) in [7, 11) is 0. The Morgan fingerprint density at radius 3 is 2.83 bits per heavy atom. The van der Waals surface area contributed by atoms with Crippen molar-refractivity contribution in [3.63, 3.8) is 0 Å². The fourth-order valence-electron chi connectivity index (χ4n) is 2.30. The van der Waals surface area contributed by atoms with Crippen LogP contribution in [0.3, 0.4) is 0 Å². The molecule has 5 nitrogen and oxygen atoms in total. The first-order valence-electron chi connectivity index (χ1n) is 6.71. The van der Waals surface area contributed by atoms with E-state index in [-0.39, 0.29) is 23.8 Å². The number of carbonyl (C=O) groups excluding carboxylic acids is 2. The van der Waals surface area contributed by atoms with Crippen LogP contribution in [0.15, 0.2) is 0 Å². The van der Waals surface area contributed by atoms with Crippen molar-refractivity contribution < 1.29 is 14.3 Å². The lowest BCUT2D eigenvalue weighted by Crippen LogP contribution is -2.50. The molecule has 2 saturated heterocycles. The van der Waals surface area contributed by atoms with Crippen LogP contribution in [-0.4, -0.2) is 49.6 Å². The van der Waals surface area contributed by atoms with Crippen molar-refractivity contribution in [1.82, 2.24) is 10.2 Å². The van der Waals surface area contributed by atoms with Crippen LogP contribution in [-0.2, 0) is 14.3 Å². The normalized spacial score (nSPS) is 23.2. The summed E-state index contributed by atoms with van der Waals surface area (Å²) < 4.78 is 5.14. The predicted octanol–water partition coefficient (Wildman–Crippen LogP) is 0.542. The quantitative estimate of drug-likeness (QED) is 0.796. The molecule has 2 heterocycles. The van der Waals surface area contributed by atoms with Gasteiger partial charge in [0, 0.05) is 24.9 Å². The number of ether oxygens (including phenoxy) is 1. The van der Waals surface area contributed by atoms with E-state index in [0.717, 1.165) is 19.3 Å². The zero-order chi connectivity index (χ0) is 13.0. The van der Waals surface area contributed by atoms with Crippen LogP contribution in [0.25, 0.3) is 0 Å². The van der Waals surface area contributed by atoms with Gasteiger partial charge in [0.05, 0.1) is 19.8 Å². The van der Waals surface area contributed by atoms with E-state index < -0.39 is 0 Å². The summed E-state index contributed by atoms with van der Waals surface area (Å²) in [6, 6.07) is 0. The fourth-order valence-corrected chi connectivity index (χ4v) is 2.30. The molecule has 0 unspecified atom stereocenters. The number of likely N-dealkylation sites (tertiary alicyclic amines) is 1. The van der Waals surface area contributed by atoms with Gasteiger partial charge in [0.15, 0.2) is 0 Å². The smallest absolute Gasteiger partial charge is 0.239 e. The summed E-state index contributed by atoms with van der Waals surface area (Å²) in [4.78, 5) is 25.2. The van der Waals surface area contributed by atoms with Gasteiger partial charge in [0.2, 0.25) is 11.8 Å². The Labute approximate surface area is 108 Å². The number of hydrogen-bond acceptors (Lipinski definition) is 3. The van der Waals surface area contributed by atoms with Crippen LogP contribution < -0.4 is 5.32 Å². The van der Waals surface area contributed by atoms with E-state index in [0.29, 0.717) is 32.7 Å². The van der Waals surface area contributed by atoms with Gasteiger partial charge < -0.3 is 15.0 Å². The Kier molecular flexibility index (Phi) is 4.22. The molecule has 0 spiro atoms. The van der Waals surface area contributed by atoms with Gasteiger partial charge in [-0.05, 0) is 12.8 Å². The molecule has 0 radical (unpaired) electrons. The van der Waals surface area contributed by atoms with Gasteiger partial charge in [-0.2, -0.15) is 0 Å². The molecule has 18 heavy (non-hydrogen) atoms. The molecule has 0 aromatic heterocycles. The third kappa shape index (κ3) is 3.45. The Balaban J connectivity index is 1.73.